The number of thioether (sulfide) groups is 1. The Kier molecular flexibility index (Phi) is 7.69. The second kappa shape index (κ2) is 9.53. The van der Waals surface area contributed by atoms with Crippen LogP contribution in [-0.4, -0.2) is 35.5 Å². The predicted molar refractivity (Wildman–Crippen MR) is 112 cm³/mol. The smallest absolute Gasteiger partial charge is 0.290 e. The third kappa shape index (κ3) is 4.53. The van der Waals surface area contributed by atoms with Crippen LogP contribution in [0.5, 0.6) is 0 Å². The van der Waals surface area contributed by atoms with E-state index in [0.717, 1.165) is 46.6 Å². The van der Waals surface area contributed by atoms with E-state index >= 15 is 0 Å². The molecule has 0 aromatic heterocycles. The van der Waals surface area contributed by atoms with Gasteiger partial charge in [-0.05, 0) is 37.4 Å². The van der Waals surface area contributed by atoms with E-state index < -0.39 is 0 Å². The lowest BCUT2D eigenvalue weighted by Gasteiger charge is -2.30. The number of hydrogen-bond donors (Lipinski definition) is 0. The van der Waals surface area contributed by atoms with Crippen molar-refractivity contribution in [3.8, 4) is 0 Å². The number of fused-ring (bicyclic) bond motifs is 2. The Labute approximate surface area is 164 Å². The average Bonchev–Trinajstić information content (AvgIpc) is 2.63. The second-order valence-electron chi connectivity index (χ2n) is 5.51. The molecule has 3 nitrogen and oxygen atoms in total. The minimum absolute atomic E-state index is 0. The molecule has 0 saturated carbocycles. The van der Waals surface area contributed by atoms with Crippen molar-refractivity contribution in [2.24, 2.45) is 0 Å². The van der Waals surface area contributed by atoms with Gasteiger partial charge in [0.05, 0.1) is 11.4 Å². The molecule has 2 aromatic carbocycles. The third-order valence-corrected chi connectivity index (χ3v) is 6.09. The van der Waals surface area contributed by atoms with Gasteiger partial charge in [0.1, 0.15) is 0 Å². The largest absolute Gasteiger partial charge is 0.303 e. The quantitative estimate of drug-likeness (QED) is 0.629. The van der Waals surface area contributed by atoms with Crippen LogP contribution in [0.15, 0.2) is 58.3 Å². The number of benzene rings is 2. The fraction of sp³-hybridized carbons (Fsp3) is 0.316. The Bertz CT molecular complexity index is 677. The highest BCUT2D eigenvalue weighted by atomic mass is 35.5. The van der Waals surface area contributed by atoms with Crippen LogP contribution in [0.1, 0.15) is 13.8 Å². The number of carbonyl (C=O) groups is 1. The lowest BCUT2D eigenvalue weighted by molar-refractivity contribution is 0.266. The first-order valence-electron chi connectivity index (χ1n) is 8.29. The van der Waals surface area contributed by atoms with Crippen molar-refractivity contribution >= 4 is 52.5 Å². The number of halogens is 1. The molecule has 25 heavy (non-hydrogen) atoms. The summed E-state index contributed by atoms with van der Waals surface area (Å²) in [5.41, 5.74) is 1.98. The van der Waals surface area contributed by atoms with Crippen LogP contribution in [0.4, 0.5) is 16.2 Å². The van der Waals surface area contributed by atoms with E-state index in [1.165, 1.54) is 11.8 Å². The summed E-state index contributed by atoms with van der Waals surface area (Å²) < 4.78 is 0. The lowest BCUT2D eigenvalue weighted by atomic mass is 10.2. The molecule has 6 heteroatoms. The molecule has 1 heterocycles. The van der Waals surface area contributed by atoms with Crippen molar-refractivity contribution < 1.29 is 4.79 Å². The predicted octanol–water partition coefficient (Wildman–Crippen LogP) is 5.91. The molecule has 1 aliphatic rings. The van der Waals surface area contributed by atoms with E-state index in [4.69, 9.17) is 0 Å². The van der Waals surface area contributed by atoms with Gasteiger partial charge in [-0.3, -0.25) is 9.69 Å². The van der Waals surface area contributed by atoms with Crippen molar-refractivity contribution in [2.45, 2.75) is 23.6 Å². The van der Waals surface area contributed by atoms with Crippen molar-refractivity contribution in [1.29, 1.82) is 0 Å². The van der Waals surface area contributed by atoms with Gasteiger partial charge in [0.25, 0.3) is 5.24 Å². The Morgan fingerprint density at radius 2 is 1.52 bits per heavy atom. The Morgan fingerprint density at radius 1 is 1.00 bits per heavy atom. The summed E-state index contributed by atoms with van der Waals surface area (Å²) in [4.78, 5) is 19.4. The topological polar surface area (TPSA) is 23.6 Å². The van der Waals surface area contributed by atoms with E-state index in [1.807, 2.05) is 41.3 Å². The molecule has 0 aliphatic carbocycles. The van der Waals surface area contributed by atoms with Crippen molar-refractivity contribution in [1.82, 2.24) is 4.90 Å². The first-order chi connectivity index (χ1) is 11.7. The maximum atomic E-state index is 12.9. The molecule has 0 spiro atoms. The van der Waals surface area contributed by atoms with Gasteiger partial charge < -0.3 is 4.90 Å². The number of anilines is 2. The molecule has 0 radical (unpaired) electrons. The summed E-state index contributed by atoms with van der Waals surface area (Å²) in [6.45, 7) is 7.30. The van der Waals surface area contributed by atoms with E-state index in [9.17, 15) is 4.79 Å². The van der Waals surface area contributed by atoms with E-state index in [2.05, 4.69) is 30.9 Å². The number of nitrogens with zero attached hydrogens (tertiary/aromatic N) is 2. The molecule has 2 aromatic rings. The average molecular weight is 395 g/mol. The molecule has 1 amide bonds. The van der Waals surface area contributed by atoms with Crippen molar-refractivity contribution in [3.63, 3.8) is 0 Å². The molecule has 0 saturated heterocycles. The zero-order valence-electron chi connectivity index (χ0n) is 14.5. The molecule has 0 unspecified atom stereocenters. The minimum Gasteiger partial charge on any atom is -0.303 e. The summed E-state index contributed by atoms with van der Waals surface area (Å²) in [6.07, 6.45) is 0. The van der Waals surface area contributed by atoms with Crippen LogP contribution >= 0.6 is 35.9 Å². The van der Waals surface area contributed by atoms with Crippen LogP contribution in [0.25, 0.3) is 0 Å². The maximum absolute atomic E-state index is 12.9. The van der Waals surface area contributed by atoms with E-state index in [-0.39, 0.29) is 17.6 Å². The maximum Gasteiger partial charge on any atom is 0.290 e. The first kappa shape index (κ1) is 20.2. The first-order valence-corrected chi connectivity index (χ1v) is 10.1. The highest BCUT2D eigenvalue weighted by Crippen LogP contribution is 2.48. The number of hydrogen-bond acceptors (Lipinski definition) is 4. The van der Waals surface area contributed by atoms with Gasteiger partial charge in [0.15, 0.2) is 0 Å². The van der Waals surface area contributed by atoms with Crippen molar-refractivity contribution in [2.75, 3.05) is 30.3 Å². The molecule has 0 atom stereocenters. The van der Waals surface area contributed by atoms with Crippen molar-refractivity contribution in [3.05, 3.63) is 48.5 Å². The van der Waals surface area contributed by atoms with Gasteiger partial charge in [-0.15, -0.1) is 12.4 Å². The SMILES string of the molecule is CCN(CC)CCSC(=O)N1c2ccccc2Sc2ccccc21.Cl. The number of amides is 1. The monoisotopic (exact) mass is 394 g/mol. The molecule has 0 fully saturated rings. The number of para-hydroxylation sites is 2. The molecule has 1 aliphatic heterocycles. The fourth-order valence-corrected chi connectivity index (χ4v) is 4.68. The highest BCUT2D eigenvalue weighted by molar-refractivity contribution is 8.14. The van der Waals surface area contributed by atoms with Gasteiger partial charge >= 0.3 is 0 Å². The highest BCUT2D eigenvalue weighted by Gasteiger charge is 2.27. The standard InChI is InChI=1S/C19H22N2OS2.ClH/c1-3-20(4-2)13-14-23-19(22)21-15-9-5-7-11-17(15)24-18-12-8-6-10-16(18)21;/h5-12H,3-4,13-14H2,1-2H3;1H. The van der Waals surface area contributed by atoms with Gasteiger partial charge in [-0.25, -0.2) is 0 Å². The molecule has 0 N–H and O–H groups in total. The summed E-state index contributed by atoms with van der Waals surface area (Å²) in [5.74, 6) is 0.814. The molecule has 134 valence electrons. The Balaban J connectivity index is 0.00000225. The summed E-state index contributed by atoms with van der Waals surface area (Å²) in [6, 6.07) is 16.3. The summed E-state index contributed by atoms with van der Waals surface area (Å²) >= 11 is 3.13. The molecular weight excluding hydrogens is 372 g/mol. The summed E-state index contributed by atoms with van der Waals surface area (Å²) in [5, 5.41) is 0.0994. The van der Waals surface area contributed by atoms with Crippen LogP contribution in [0.2, 0.25) is 0 Å². The van der Waals surface area contributed by atoms with Crippen LogP contribution < -0.4 is 4.90 Å². The van der Waals surface area contributed by atoms with Crippen LogP contribution in [-0.2, 0) is 0 Å². The Hall–Kier alpha value is -1.14. The molecule has 3 rings (SSSR count). The second-order valence-corrected chi connectivity index (χ2v) is 7.64. The number of carbonyl (C=O) groups excluding carboxylic acids is 1. The van der Waals surface area contributed by atoms with Gasteiger partial charge in [-0.1, -0.05) is 61.6 Å². The van der Waals surface area contributed by atoms with E-state index in [0.29, 0.717) is 0 Å². The Morgan fingerprint density at radius 3 is 2.04 bits per heavy atom. The fourth-order valence-electron chi connectivity index (χ4n) is 2.77. The third-order valence-electron chi connectivity index (χ3n) is 4.14. The van der Waals surface area contributed by atoms with Gasteiger partial charge in [-0.2, -0.15) is 0 Å². The van der Waals surface area contributed by atoms with Crippen LogP contribution in [0, 0.1) is 0 Å². The minimum atomic E-state index is 0. The zero-order valence-corrected chi connectivity index (χ0v) is 16.9. The normalized spacial score (nSPS) is 12.4. The van der Waals surface area contributed by atoms with E-state index in [1.54, 1.807) is 11.8 Å². The van der Waals surface area contributed by atoms with Gasteiger partial charge in [0.2, 0.25) is 0 Å². The van der Waals surface area contributed by atoms with Crippen LogP contribution in [0.3, 0.4) is 0 Å². The number of rotatable bonds is 5. The van der Waals surface area contributed by atoms with Gasteiger partial charge in [0, 0.05) is 22.1 Å². The zero-order chi connectivity index (χ0) is 16.9. The molecular formula is C19H23ClN2OS2. The lowest BCUT2D eigenvalue weighted by Crippen LogP contribution is -2.28. The summed E-state index contributed by atoms with van der Waals surface area (Å²) in [7, 11) is 0. The molecule has 0 bridgehead atoms.